The lowest BCUT2D eigenvalue weighted by molar-refractivity contribution is -0.135. The van der Waals surface area contributed by atoms with E-state index in [1.165, 1.54) is 0 Å². The van der Waals surface area contributed by atoms with Crippen LogP contribution in [0.3, 0.4) is 0 Å². The number of carbonyl (C=O) groups excluding carboxylic acids is 7. The summed E-state index contributed by atoms with van der Waals surface area (Å²) in [5, 5.41) is 18.7. The van der Waals surface area contributed by atoms with Gasteiger partial charge < -0.3 is 117 Å². The third-order valence-corrected chi connectivity index (χ3v) is 11.0. The molecule has 35 nitrogen and oxygen atoms in total. The van der Waals surface area contributed by atoms with Crippen LogP contribution in [0.1, 0.15) is 89.9 Å². The number of hydrogen-bond donors (Lipinski definition) is 21. The fourth-order valence-corrected chi connectivity index (χ4v) is 7.31. The number of nitrogens with one attached hydrogen (secondary N) is 7. The highest BCUT2D eigenvalue weighted by Gasteiger charge is 2.35. The van der Waals surface area contributed by atoms with Gasteiger partial charge in [0.25, 0.3) is 0 Å². The monoisotopic (exact) mass is 1090 g/mol. The van der Waals surface area contributed by atoms with E-state index in [1.54, 1.807) is 0 Å². The Morgan fingerprint density at radius 2 is 0.338 bits per heavy atom. The molecule has 0 saturated carbocycles. The highest BCUT2D eigenvalue weighted by molar-refractivity contribution is 5.98. The topological polar surface area (TPSA) is 654 Å². The van der Waals surface area contributed by atoms with Crippen LogP contribution in [-0.4, -0.2) is 171 Å². The maximum Gasteiger partial charge on any atom is 0.243 e. The van der Waals surface area contributed by atoms with Crippen molar-refractivity contribution in [3.05, 3.63) is 0 Å². The molecular weight excluding hydrogens is 1010 g/mol. The van der Waals surface area contributed by atoms with Crippen LogP contribution < -0.4 is 117 Å². The largest absolute Gasteiger partial charge is 0.370 e. The Kier molecular flexibility index (Phi) is 31.8. The summed E-state index contributed by atoms with van der Waals surface area (Å²) in [6.07, 6.45) is 0.0619. The van der Waals surface area contributed by atoms with Gasteiger partial charge in [0.1, 0.15) is 42.3 Å². The number of nitrogens with zero attached hydrogens (tertiary/aromatic N) is 7. The molecule has 0 aromatic carbocycles. The van der Waals surface area contributed by atoms with Crippen molar-refractivity contribution in [1.29, 1.82) is 0 Å². The first-order valence-corrected chi connectivity index (χ1v) is 24.9. The predicted octanol–water partition coefficient (Wildman–Crippen LogP) is -10.2. The first-order valence-electron chi connectivity index (χ1n) is 24.9. The lowest BCUT2D eigenvalue weighted by Crippen LogP contribution is -2.59. The van der Waals surface area contributed by atoms with Gasteiger partial charge in [0, 0.05) is 45.8 Å². The number of rotatable bonds is 28. The molecule has 0 bridgehead atoms. The Labute approximate surface area is 446 Å². The predicted molar refractivity (Wildman–Crippen MR) is 293 cm³/mol. The summed E-state index contributed by atoms with van der Waals surface area (Å²) in [6, 6.07) is -9.91. The Balaban J connectivity index is 4.26. The van der Waals surface area contributed by atoms with E-state index in [1.807, 2.05) is 0 Å². The number of guanidine groups is 7. The molecule has 1 aliphatic rings. The molecule has 7 unspecified atom stereocenters. The molecule has 1 heterocycles. The second-order valence-corrected chi connectivity index (χ2v) is 17.6. The zero-order valence-corrected chi connectivity index (χ0v) is 43.5. The molecule has 0 radical (unpaired) electrons. The van der Waals surface area contributed by atoms with Gasteiger partial charge in [-0.05, 0) is 89.9 Å². The van der Waals surface area contributed by atoms with Crippen molar-refractivity contribution in [2.75, 3.05) is 45.8 Å². The Morgan fingerprint density at radius 3 is 0.429 bits per heavy atom. The molecule has 77 heavy (non-hydrogen) atoms. The molecule has 1 aliphatic heterocycles. The van der Waals surface area contributed by atoms with E-state index in [4.69, 9.17) is 80.3 Å². The maximum atomic E-state index is 14.4. The van der Waals surface area contributed by atoms with Crippen LogP contribution in [0.15, 0.2) is 34.9 Å². The first kappa shape index (κ1) is 66.2. The molecule has 7 amide bonds. The number of nitrogens with two attached hydrogens (primary N) is 14. The SMILES string of the molecule is NC(N)=NCCCC1NC(=O)C(CCCN=C(N)N)NC(=O)C(CCCN=C(N)N)NC(=O)C(CCCN=C(N)N)NC(=O)C(CCCN=C(N)N)NC(=O)C(CCCN=C(N)N)NC(=O)C(CCCN=C(N)N)NC1=O. The average Bonchev–Trinajstić information content (AvgIpc) is 3.34. The zero-order chi connectivity index (χ0) is 57.9. The van der Waals surface area contributed by atoms with Gasteiger partial charge in [-0.3, -0.25) is 68.5 Å². The van der Waals surface area contributed by atoms with Crippen LogP contribution in [0.4, 0.5) is 0 Å². The molecule has 35 N–H and O–H groups in total. The second-order valence-electron chi connectivity index (χ2n) is 17.6. The fraction of sp³-hybridized carbons (Fsp3) is 0.667. The number of amides is 7. The third-order valence-electron chi connectivity index (χ3n) is 11.0. The molecule has 0 aliphatic carbocycles. The zero-order valence-electron chi connectivity index (χ0n) is 43.5. The van der Waals surface area contributed by atoms with Gasteiger partial charge in [-0.1, -0.05) is 0 Å². The van der Waals surface area contributed by atoms with Gasteiger partial charge in [-0.15, -0.1) is 0 Å². The summed E-state index contributed by atoms with van der Waals surface area (Å²) in [6.45, 7) is 0.117. The van der Waals surface area contributed by atoms with Crippen LogP contribution in [-0.2, 0) is 33.6 Å². The number of aliphatic imine (C=N–C) groups is 7. The van der Waals surface area contributed by atoms with Crippen molar-refractivity contribution in [2.24, 2.45) is 115 Å². The van der Waals surface area contributed by atoms with E-state index in [2.05, 4.69) is 72.2 Å². The van der Waals surface area contributed by atoms with Gasteiger partial charge in [0.15, 0.2) is 41.7 Å². The van der Waals surface area contributed by atoms with Crippen molar-refractivity contribution in [3.63, 3.8) is 0 Å². The summed E-state index contributed by atoms with van der Waals surface area (Å²) in [5.74, 6) is -7.77. The molecule has 0 spiro atoms. The summed E-state index contributed by atoms with van der Waals surface area (Å²) in [5.41, 5.74) is 77.6. The Hall–Kier alpha value is -8.82. The summed E-state index contributed by atoms with van der Waals surface area (Å²) < 4.78 is 0. The van der Waals surface area contributed by atoms with E-state index < -0.39 is 83.6 Å². The molecule has 35 heteroatoms. The fourth-order valence-electron chi connectivity index (χ4n) is 7.31. The minimum Gasteiger partial charge on any atom is -0.370 e. The van der Waals surface area contributed by atoms with Crippen molar-refractivity contribution >= 4 is 83.1 Å². The van der Waals surface area contributed by atoms with Gasteiger partial charge in [-0.2, -0.15) is 0 Å². The lowest BCUT2D eigenvalue weighted by Gasteiger charge is -2.27. The Bertz CT molecular complexity index is 1710. The summed E-state index contributed by atoms with van der Waals surface area (Å²) >= 11 is 0. The number of carbonyl (C=O) groups is 7. The summed E-state index contributed by atoms with van der Waals surface area (Å²) in [7, 11) is 0. The van der Waals surface area contributed by atoms with Crippen LogP contribution >= 0.6 is 0 Å². The van der Waals surface area contributed by atoms with Crippen molar-refractivity contribution in [2.45, 2.75) is 132 Å². The summed E-state index contributed by atoms with van der Waals surface area (Å²) in [4.78, 5) is 129. The molecule has 1 saturated heterocycles. The smallest absolute Gasteiger partial charge is 0.243 e. The van der Waals surface area contributed by atoms with Crippen LogP contribution in [0, 0.1) is 0 Å². The number of hydrogen-bond acceptors (Lipinski definition) is 14. The highest BCUT2D eigenvalue weighted by Crippen LogP contribution is 2.12. The van der Waals surface area contributed by atoms with Crippen LogP contribution in [0.5, 0.6) is 0 Å². The molecule has 1 fully saturated rings. The van der Waals surface area contributed by atoms with Crippen molar-refractivity contribution in [3.8, 4) is 0 Å². The van der Waals surface area contributed by atoms with Gasteiger partial charge >= 0.3 is 0 Å². The third kappa shape index (κ3) is 30.9. The minimum atomic E-state index is -1.42. The van der Waals surface area contributed by atoms with Crippen molar-refractivity contribution in [1.82, 2.24) is 37.2 Å². The highest BCUT2D eigenvalue weighted by atomic mass is 16.2. The lowest BCUT2D eigenvalue weighted by atomic mass is 10.0. The first-order chi connectivity index (χ1) is 36.4. The van der Waals surface area contributed by atoms with E-state index >= 15 is 0 Å². The standard InChI is InChI=1S/C42H84N28O7/c43-36(44)57-15-1-8-22-29(71)65-24(10-3-17-59-38(47)48)31(73)67-26(12-5-19-61-40(51)52)33(75)69-28(14-7-21-63-42(55)56)35(77)70-27(13-6-20-62-41(53)54)34(76)68-25(11-4-18-60-39(49)50)32(74)66-23(30(72)64-22)9-2-16-58-37(45)46/h22-28H,1-21H2,(H,64,72)(H,65,71)(H,66,74)(H,67,73)(H,68,76)(H,69,75)(H,70,77)(H4,43,44,57)(H4,45,46,58)(H4,47,48,59)(H4,49,50,60)(H4,51,52,61)(H4,53,54,62)(H4,55,56,63). The molecule has 0 aromatic heterocycles. The average molecular weight is 1090 g/mol. The quantitative estimate of drug-likeness (QED) is 0.0196. The minimum absolute atomic E-state index is 0.0168. The van der Waals surface area contributed by atoms with E-state index in [-0.39, 0.29) is 177 Å². The van der Waals surface area contributed by atoms with E-state index in [9.17, 15) is 33.6 Å². The second kappa shape index (κ2) is 37.0. The van der Waals surface area contributed by atoms with Crippen LogP contribution in [0.25, 0.3) is 0 Å². The maximum absolute atomic E-state index is 14.4. The van der Waals surface area contributed by atoms with Crippen LogP contribution in [0.2, 0.25) is 0 Å². The van der Waals surface area contributed by atoms with Crippen molar-refractivity contribution < 1.29 is 33.6 Å². The van der Waals surface area contributed by atoms with E-state index in [0.29, 0.717) is 0 Å². The Morgan fingerprint density at radius 1 is 0.234 bits per heavy atom. The molecular formula is C42H84N28O7. The van der Waals surface area contributed by atoms with Gasteiger partial charge in [0.05, 0.1) is 0 Å². The normalized spacial score (nSPS) is 20.7. The molecule has 0 aromatic rings. The molecule has 1 rings (SSSR count). The van der Waals surface area contributed by atoms with Gasteiger partial charge in [0.2, 0.25) is 41.4 Å². The molecule has 7 atom stereocenters. The van der Waals surface area contributed by atoms with Gasteiger partial charge in [-0.25, -0.2) is 0 Å². The molecule has 434 valence electrons. The van der Waals surface area contributed by atoms with E-state index in [0.717, 1.165) is 0 Å².